The molecule has 0 atom stereocenters. The maximum absolute atomic E-state index is 13.4. The molecule has 5 rings (SSSR count). The highest BCUT2D eigenvalue weighted by Gasteiger charge is 2.35. The lowest BCUT2D eigenvalue weighted by molar-refractivity contribution is -0.140. The molecule has 1 aromatic carbocycles. The van der Waals surface area contributed by atoms with Gasteiger partial charge in [-0.3, -0.25) is 0 Å². The minimum absolute atomic E-state index is 0.114. The van der Waals surface area contributed by atoms with Crippen LogP contribution in [0.4, 0.5) is 23.4 Å². The van der Waals surface area contributed by atoms with Gasteiger partial charge in [0.25, 0.3) is 0 Å². The van der Waals surface area contributed by atoms with Crippen molar-refractivity contribution in [1.82, 2.24) is 19.5 Å². The van der Waals surface area contributed by atoms with Gasteiger partial charge < -0.3 is 13.8 Å². The minimum Gasteiger partial charge on any atom is -0.356 e. The van der Waals surface area contributed by atoms with E-state index in [0.29, 0.717) is 37.3 Å². The summed E-state index contributed by atoms with van der Waals surface area (Å²) in [5.41, 5.74) is 0.431. The summed E-state index contributed by atoms with van der Waals surface area (Å²) in [5, 5.41) is 4.91. The van der Waals surface area contributed by atoms with Crippen LogP contribution in [-0.4, -0.2) is 32.6 Å². The van der Waals surface area contributed by atoms with E-state index in [-0.39, 0.29) is 17.4 Å². The zero-order chi connectivity index (χ0) is 20.2. The van der Waals surface area contributed by atoms with Crippen molar-refractivity contribution in [3.63, 3.8) is 0 Å². The lowest BCUT2D eigenvalue weighted by Crippen LogP contribution is -2.34. The van der Waals surface area contributed by atoms with Gasteiger partial charge in [-0.15, -0.1) is 0 Å². The molecule has 4 heterocycles. The molecule has 0 amide bonds. The second-order valence-electron chi connectivity index (χ2n) is 7.08. The van der Waals surface area contributed by atoms with Crippen molar-refractivity contribution in [1.29, 1.82) is 0 Å². The molecule has 0 spiro atoms. The number of imidazole rings is 1. The minimum atomic E-state index is -4.51. The molecule has 1 aliphatic rings. The standard InChI is InChI=1S/C19H15F4N5O/c20-12-1-2-13-14(9-12)29-26-16(13)11-3-6-27(7-4-11)17-18-25-15(19(21,22)23)10-28(18)8-5-24-17/h1-2,5,8-11H,3-4,6-7H2. The summed E-state index contributed by atoms with van der Waals surface area (Å²) < 4.78 is 59.0. The van der Waals surface area contributed by atoms with Crippen molar-refractivity contribution >= 4 is 22.4 Å². The molecule has 0 saturated carbocycles. The number of fused-ring (bicyclic) bond motifs is 2. The van der Waals surface area contributed by atoms with Crippen molar-refractivity contribution in [2.75, 3.05) is 18.0 Å². The number of hydrogen-bond donors (Lipinski definition) is 0. The summed E-state index contributed by atoms with van der Waals surface area (Å²) in [5.74, 6) is 0.156. The molecule has 0 radical (unpaired) electrons. The van der Waals surface area contributed by atoms with Gasteiger partial charge in [-0.25, -0.2) is 14.4 Å². The fraction of sp³-hybridized carbons (Fsp3) is 0.316. The van der Waals surface area contributed by atoms with E-state index in [0.717, 1.165) is 17.3 Å². The van der Waals surface area contributed by atoms with Gasteiger partial charge in [0.2, 0.25) is 0 Å². The molecule has 4 aromatic rings. The van der Waals surface area contributed by atoms with E-state index in [4.69, 9.17) is 4.52 Å². The Morgan fingerprint density at radius 3 is 2.69 bits per heavy atom. The number of benzene rings is 1. The fourth-order valence-electron chi connectivity index (χ4n) is 3.86. The molecule has 0 unspecified atom stereocenters. The number of anilines is 1. The van der Waals surface area contributed by atoms with E-state index in [2.05, 4.69) is 15.1 Å². The van der Waals surface area contributed by atoms with Crippen LogP contribution < -0.4 is 4.90 Å². The van der Waals surface area contributed by atoms with Crippen LogP contribution in [0.3, 0.4) is 0 Å². The number of aromatic nitrogens is 4. The highest BCUT2D eigenvalue weighted by Crippen LogP contribution is 2.35. The van der Waals surface area contributed by atoms with Crippen molar-refractivity contribution in [3.05, 3.63) is 54.0 Å². The summed E-state index contributed by atoms with van der Waals surface area (Å²) >= 11 is 0. The molecule has 3 aromatic heterocycles. The van der Waals surface area contributed by atoms with Crippen LogP contribution in [0.25, 0.3) is 16.6 Å². The second kappa shape index (κ2) is 6.43. The molecule has 1 fully saturated rings. The van der Waals surface area contributed by atoms with Crippen LogP contribution in [0.2, 0.25) is 0 Å². The maximum Gasteiger partial charge on any atom is 0.434 e. The maximum atomic E-state index is 13.4. The Labute approximate surface area is 161 Å². The molecule has 0 aliphatic carbocycles. The molecule has 29 heavy (non-hydrogen) atoms. The van der Waals surface area contributed by atoms with Gasteiger partial charge in [-0.2, -0.15) is 13.2 Å². The van der Waals surface area contributed by atoms with E-state index in [1.807, 2.05) is 4.90 Å². The van der Waals surface area contributed by atoms with Gasteiger partial charge >= 0.3 is 6.18 Å². The van der Waals surface area contributed by atoms with Crippen molar-refractivity contribution in [2.45, 2.75) is 24.9 Å². The molecule has 1 aliphatic heterocycles. The van der Waals surface area contributed by atoms with Gasteiger partial charge in [0.15, 0.2) is 22.7 Å². The van der Waals surface area contributed by atoms with Crippen LogP contribution in [0.5, 0.6) is 0 Å². The number of alkyl halides is 3. The Hall–Kier alpha value is -3.17. The van der Waals surface area contributed by atoms with E-state index in [1.54, 1.807) is 6.07 Å². The largest absolute Gasteiger partial charge is 0.434 e. The summed E-state index contributed by atoms with van der Waals surface area (Å²) in [6.45, 7) is 1.17. The average Bonchev–Trinajstić information content (AvgIpc) is 3.31. The zero-order valence-corrected chi connectivity index (χ0v) is 15.0. The van der Waals surface area contributed by atoms with Crippen LogP contribution in [0, 0.1) is 5.82 Å². The van der Waals surface area contributed by atoms with Gasteiger partial charge in [0, 0.05) is 49.1 Å². The third-order valence-corrected chi connectivity index (χ3v) is 5.29. The van der Waals surface area contributed by atoms with Gasteiger partial charge in [0.05, 0.1) is 5.69 Å². The average molecular weight is 405 g/mol. The number of rotatable bonds is 2. The zero-order valence-electron chi connectivity index (χ0n) is 15.0. The summed E-state index contributed by atoms with van der Waals surface area (Å²) in [6, 6.07) is 4.34. The van der Waals surface area contributed by atoms with E-state index in [9.17, 15) is 17.6 Å². The summed E-state index contributed by atoms with van der Waals surface area (Å²) in [6.07, 6.45) is 0.811. The molecule has 0 bridgehead atoms. The molecule has 150 valence electrons. The monoisotopic (exact) mass is 405 g/mol. The highest BCUT2D eigenvalue weighted by molar-refractivity contribution is 5.80. The molecular weight excluding hydrogens is 390 g/mol. The molecule has 0 N–H and O–H groups in total. The van der Waals surface area contributed by atoms with Gasteiger partial charge in [0.1, 0.15) is 5.82 Å². The van der Waals surface area contributed by atoms with Crippen molar-refractivity contribution in [3.8, 4) is 0 Å². The molecule has 6 nitrogen and oxygen atoms in total. The SMILES string of the molecule is Fc1ccc2c(C3CCN(c4nccn5cc(C(F)(F)F)nc45)CC3)noc2c1. The predicted molar refractivity (Wildman–Crippen MR) is 96.1 cm³/mol. The van der Waals surface area contributed by atoms with Crippen LogP contribution >= 0.6 is 0 Å². The Morgan fingerprint density at radius 1 is 1.14 bits per heavy atom. The number of piperidine rings is 1. The molecular formula is C19H15F4N5O. The van der Waals surface area contributed by atoms with Gasteiger partial charge in [-0.05, 0) is 25.0 Å². The first-order valence-corrected chi connectivity index (χ1v) is 9.11. The normalized spacial score (nSPS) is 16.2. The highest BCUT2D eigenvalue weighted by atomic mass is 19.4. The van der Waals surface area contributed by atoms with E-state index in [1.165, 1.54) is 28.9 Å². The Kier molecular flexibility index (Phi) is 3.97. The van der Waals surface area contributed by atoms with Crippen LogP contribution in [0.1, 0.15) is 30.1 Å². The van der Waals surface area contributed by atoms with Crippen molar-refractivity contribution < 1.29 is 22.1 Å². The third kappa shape index (κ3) is 3.08. The first-order valence-electron chi connectivity index (χ1n) is 9.11. The Morgan fingerprint density at radius 2 is 1.93 bits per heavy atom. The Bertz CT molecular complexity index is 1190. The quantitative estimate of drug-likeness (QED) is 0.463. The molecule has 1 saturated heterocycles. The van der Waals surface area contributed by atoms with E-state index < -0.39 is 11.9 Å². The summed E-state index contributed by atoms with van der Waals surface area (Å²) in [4.78, 5) is 9.95. The number of hydrogen-bond acceptors (Lipinski definition) is 5. The fourth-order valence-corrected chi connectivity index (χ4v) is 3.86. The lowest BCUT2D eigenvalue weighted by atomic mass is 9.91. The van der Waals surface area contributed by atoms with Crippen LogP contribution in [-0.2, 0) is 6.18 Å². The summed E-state index contributed by atoms with van der Waals surface area (Å²) in [7, 11) is 0. The number of nitrogens with zero attached hydrogens (tertiary/aromatic N) is 5. The second-order valence-corrected chi connectivity index (χ2v) is 7.08. The first kappa shape index (κ1) is 17.9. The lowest BCUT2D eigenvalue weighted by Gasteiger charge is -2.32. The van der Waals surface area contributed by atoms with Crippen LogP contribution in [0.15, 0.2) is 41.3 Å². The third-order valence-electron chi connectivity index (χ3n) is 5.29. The predicted octanol–water partition coefficient (Wildman–Crippen LogP) is 4.41. The first-order chi connectivity index (χ1) is 13.9. The smallest absolute Gasteiger partial charge is 0.356 e. The topological polar surface area (TPSA) is 59.5 Å². The van der Waals surface area contributed by atoms with Crippen molar-refractivity contribution in [2.24, 2.45) is 0 Å². The molecule has 10 heteroatoms. The number of halogens is 4. The van der Waals surface area contributed by atoms with E-state index >= 15 is 0 Å². The Balaban J connectivity index is 1.40. The van der Waals surface area contributed by atoms with Gasteiger partial charge in [-0.1, -0.05) is 5.16 Å².